The van der Waals surface area contributed by atoms with Gasteiger partial charge < -0.3 is 10.1 Å². The van der Waals surface area contributed by atoms with Crippen LogP contribution in [0.3, 0.4) is 0 Å². The van der Waals surface area contributed by atoms with E-state index in [1.165, 1.54) is 5.56 Å². The third kappa shape index (κ3) is 5.06. The van der Waals surface area contributed by atoms with Crippen molar-refractivity contribution in [2.45, 2.75) is 39.7 Å². The number of hydrogen-bond acceptors (Lipinski definition) is 4. The van der Waals surface area contributed by atoms with E-state index in [2.05, 4.69) is 41.3 Å². The second-order valence-electron chi connectivity index (χ2n) is 5.00. The molecule has 1 aromatic heterocycles. The molecule has 21 heavy (non-hydrogen) atoms. The predicted molar refractivity (Wildman–Crippen MR) is 85.6 cm³/mol. The van der Waals surface area contributed by atoms with E-state index in [0.29, 0.717) is 6.61 Å². The van der Waals surface area contributed by atoms with Crippen molar-refractivity contribution >= 4 is 5.82 Å². The summed E-state index contributed by atoms with van der Waals surface area (Å²) >= 11 is 0. The van der Waals surface area contributed by atoms with Crippen LogP contribution in [0.2, 0.25) is 0 Å². The van der Waals surface area contributed by atoms with Gasteiger partial charge in [0, 0.05) is 6.54 Å². The number of rotatable bonds is 8. The molecule has 0 bridgehead atoms. The Labute approximate surface area is 126 Å². The van der Waals surface area contributed by atoms with Crippen LogP contribution in [0.4, 0.5) is 5.82 Å². The van der Waals surface area contributed by atoms with Gasteiger partial charge in [0.1, 0.15) is 18.2 Å². The lowest BCUT2D eigenvalue weighted by atomic mass is 10.1. The SMILES string of the molecule is CCCNc1cnc(COc2ccc(CCC)cc2)cn1. The highest BCUT2D eigenvalue weighted by Crippen LogP contribution is 2.14. The highest BCUT2D eigenvalue weighted by atomic mass is 16.5. The molecule has 0 amide bonds. The number of aryl methyl sites for hydroxylation is 1. The molecule has 4 heteroatoms. The Bertz CT molecular complexity index is 523. The maximum atomic E-state index is 5.72. The second-order valence-corrected chi connectivity index (χ2v) is 5.00. The maximum Gasteiger partial charge on any atom is 0.144 e. The van der Waals surface area contributed by atoms with Crippen LogP contribution in [0, 0.1) is 0 Å². The smallest absolute Gasteiger partial charge is 0.144 e. The molecule has 0 aliphatic carbocycles. The van der Waals surface area contributed by atoms with Gasteiger partial charge in [-0.05, 0) is 30.5 Å². The fraction of sp³-hybridized carbons (Fsp3) is 0.412. The summed E-state index contributed by atoms with van der Waals surface area (Å²) in [7, 11) is 0. The molecule has 0 saturated heterocycles. The van der Waals surface area contributed by atoms with Gasteiger partial charge in [-0.3, -0.25) is 4.98 Å². The number of benzene rings is 1. The van der Waals surface area contributed by atoms with Gasteiger partial charge in [-0.1, -0.05) is 32.4 Å². The molecule has 0 unspecified atom stereocenters. The Morgan fingerprint density at radius 1 is 1.00 bits per heavy atom. The zero-order chi connectivity index (χ0) is 14.9. The second kappa shape index (κ2) is 8.25. The van der Waals surface area contributed by atoms with Crippen molar-refractivity contribution < 1.29 is 4.74 Å². The van der Waals surface area contributed by atoms with E-state index in [1.807, 2.05) is 12.1 Å². The summed E-state index contributed by atoms with van der Waals surface area (Å²) in [5.74, 6) is 1.68. The lowest BCUT2D eigenvalue weighted by Crippen LogP contribution is -2.04. The zero-order valence-corrected chi connectivity index (χ0v) is 12.8. The lowest BCUT2D eigenvalue weighted by Gasteiger charge is -2.07. The van der Waals surface area contributed by atoms with Gasteiger partial charge in [-0.25, -0.2) is 4.98 Å². The van der Waals surface area contributed by atoms with E-state index in [4.69, 9.17) is 4.74 Å². The molecular formula is C17H23N3O. The van der Waals surface area contributed by atoms with E-state index in [-0.39, 0.29) is 0 Å². The first-order valence-electron chi connectivity index (χ1n) is 7.58. The van der Waals surface area contributed by atoms with Gasteiger partial charge in [0.05, 0.1) is 18.1 Å². The van der Waals surface area contributed by atoms with Crippen LogP contribution >= 0.6 is 0 Å². The number of nitrogens with zero attached hydrogens (tertiary/aromatic N) is 2. The Balaban J connectivity index is 1.84. The van der Waals surface area contributed by atoms with Gasteiger partial charge in [0.15, 0.2) is 0 Å². The fourth-order valence-electron chi connectivity index (χ4n) is 1.97. The maximum absolute atomic E-state index is 5.72. The van der Waals surface area contributed by atoms with Crippen molar-refractivity contribution in [3.63, 3.8) is 0 Å². The minimum absolute atomic E-state index is 0.439. The molecule has 0 aliphatic heterocycles. The average molecular weight is 285 g/mol. The summed E-state index contributed by atoms with van der Waals surface area (Å²) in [6.45, 7) is 5.65. The van der Waals surface area contributed by atoms with Crippen molar-refractivity contribution in [2.24, 2.45) is 0 Å². The zero-order valence-electron chi connectivity index (χ0n) is 12.8. The number of nitrogens with one attached hydrogen (secondary N) is 1. The van der Waals surface area contributed by atoms with Crippen LogP contribution in [0.5, 0.6) is 5.75 Å². The largest absolute Gasteiger partial charge is 0.487 e. The molecule has 0 aliphatic rings. The summed E-state index contributed by atoms with van der Waals surface area (Å²) in [4.78, 5) is 8.66. The van der Waals surface area contributed by atoms with Crippen LogP contribution in [0.25, 0.3) is 0 Å². The Morgan fingerprint density at radius 2 is 1.81 bits per heavy atom. The van der Waals surface area contributed by atoms with Crippen molar-refractivity contribution in [2.75, 3.05) is 11.9 Å². The van der Waals surface area contributed by atoms with Crippen LogP contribution < -0.4 is 10.1 Å². The van der Waals surface area contributed by atoms with Crippen LogP contribution in [0.1, 0.15) is 37.9 Å². The first-order chi connectivity index (χ1) is 10.3. The van der Waals surface area contributed by atoms with Crippen molar-refractivity contribution in [3.05, 3.63) is 47.9 Å². The molecule has 1 heterocycles. The molecule has 0 radical (unpaired) electrons. The highest BCUT2D eigenvalue weighted by molar-refractivity contribution is 5.31. The first kappa shape index (κ1) is 15.3. The molecule has 2 aromatic rings. The number of aromatic nitrogens is 2. The molecule has 0 saturated carbocycles. The molecule has 0 fully saturated rings. The molecule has 1 aromatic carbocycles. The minimum atomic E-state index is 0.439. The summed E-state index contributed by atoms with van der Waals surface area (Å²) < 4.78 is 5.72. The normalized spacial score (nSPS) is 10.4. The lowest BCUT2D eigenvalue weighted by molar-refractivity contribution is 0.300. The van der Waals surface area contributed by atoms with Gasteiger partial charge >= 0.3 is 0 Å². The van der Waals surface area contributed by atoms with E-state index in [0.717, 1.165) is 43.1 Å². The van der Waals surface area contributed by atoms with E-state index in [1.54, 1.807) is 12.4 Å². The van der Waals surface area contributed by atoms with Gasteiger partial charge in [0.2, 0.25) is 0 Å². The standard InChI is InChI=1S/C17H23N3O/c1-3-5-14-6-8-16(9-7-14)21-13-15-11-20-17(12-19-15)18-10-4-2/h6-9,11-12H,3-5,10,13H2,1-2H3,(H,18,20). The number of ether oxygens (including phenoxy) is 1. The van der Waals surface area contributed by atoms with Gasteiger partial charge in [-0.2, -0.15) is 0 Å². The third-order valence-electron chi connectivity index (χ3n) is 3.11. The van der Waals surface area contributed by atoms with E-state index >= 15 is 0 Å². The quantitative estimate of drug-likeness (QED) is 0.800. The first-order valence-corrected chi connectivity index (χ1v) is 7.58. The summed E-state index contributed by atoms with van der Waals surface area (Å²) in [6.07, 6.45) is 6.84. The molecule has 0 atom stereocenters. The highest BCUT2D eigenvalue weighted by Gasteiger charge is 2.00. The van der Waals surface area contributed by atoms with Crippen molar-refractivity contribution in [3.8, 4) is 5.75 Å². The van der Waals surface area contributed by atoms with Crippen LogP contribution in [-0.2, 0) is 13.0 Å². The van der Waals surface area contributed by atoms with E-state index < -0.39 is 0 Å². The summed E-state index contributed by atoms with van der Waals surface area (Å²) in [5.41, 5.74) is 2.17. The molecule has 4 nitrogen and oxygen atoms in total. The molecule has 1 N–H and O–H groups in total. The molecular weight excluding hydrogens is 262 g/mol. The van der Waals surface area contributed by atoms with Crippen LogP contribution in [-0.4, -0.2) is 16.5 Å². The molecule has 0 spiro atoms. The Morgan fingerprint density at radius 3 is 2.43 bits per heavy atom. The molecule has 112 valence electrons. The topological polar surface area (TPSA) is 47.0 Å². The number of hydrogen-bond donors (Lipinski definition) is 1. The summed E-state index contributed by atoms with van der Waals surface area (Å²) in [6, 6.07) is 8.25. The Hall–Kier alpha value is -2.10. The average Bonchev–Trinajstić information content (AvgIpc) is 2.53. The molecule has 2 rings (SSSR count). The van der Waals surface area contributed by atoms with Gasteiger partial charge in [0.25, 0.3) is 0 Å². The van der Waals surface area contributed by atoms with Crippen molar-refractivity contribution in [1.82, 2.24) is 9.97 Å². The van der Waals surface area contributed by atoms with Gasteiger partial charge in [-0.15, -0.1) is 0 Å². The van der Waals surface area contributed by atoms with Crippen LogP contribution in [0.15, 0.2) is 36.7 Å². The monoisotopic (exact) mass is 285 g/mol. The minimum Gasteiger partial charge on any atom is -0.487 e. The Kier molecular flexibility index (Phi) is 6.00. The van der Waals surface area contributed by atoms with E-state index in [9.17, 15) is 0 Å². The summed E-state index contributed by atoms with van der Waals surface area (Å²) in [5, 5.41) is 3.20. The predicted octanol–water partition coefficient (Wildman–Crippen LogP) is 3.83. The van der Waals surface area contributed by atoms with Crippen molar-refractivity contribution in [1.29, 1.82) is 0 Å². The third-order valence-corrected chi connectivity index (χ3v) is 3.11. The number of anilines is 1. The fourth-order valence-corrected chi connectivity index (χ4v) is 1.97.